The molecule has 58 valence electrons. The first-order valence-corrected chi connectivity index (χ1v) is 3.93. The summed E-state index contributed by atoms with van der Waals surface area (Å²) < 4.78 is 0. The van der Waals surface area contributed by atoms with Gasteiger partial charge in [-0.1, -0.05) is 41.6 Å². The summed E-state index contributed by atoms with van der Waals surface area (Å²) >= 11 is 0. The lowest BCUT2D eigenvalue weighted by molar-refractivity contribution is 1.40. The first-order valence-electron chi connectivity index (χ1n) is 3.93. The molecule has 0 aliphatic carbocycles. The second-order valence-electron chi connectivity index (χ2n) is 3.21. The molecule has 0 fully saturated rings. The van der Waals surface area contributed by atoms with E-state index in [1.165, 1.54) is 16.6 Å². The van der Waals surface area contributed by atoms with Crippen LogP contribution in [0.15, 0.2) is 18.2 Å². The fourth-order valence-corrected chi connectivity index (χ4v) is 1.27. The van der Waals surface area contributed by atoms with Crippen molar-refractivity contribution in [1.82, 2.24) is 0 Å². The van der Waals surface area contributed by atoms with Crippen LogP contribution in [0.1, 0.15) is 11.1 Å². The van der Waals surface area contributed by atoms with Gasteiger partial charge in [0.1, 0.15) is 0 Å². The van der Waals surface area contributed by atoms with Crippen molar-refractivity contribution in [3.8, 4) is 0 Å². The van der Waals surface area contributed by atoms with Gasteiger partial charge in [-0.2, -0.15) is 0 Å². The SMILES string of the molecule is CB(N)c1cc(C)cc(C)c1. The monoisotopic (exact) mass is 147 g/mol. The quantitative estimate of drug-likeness (QED) is 0.591. The molecule has 0 aliphatic heterocycles. The van der Waals surface area contributed by atoms with E-state index < -0.39 is 0 Å². The smallest absolute Gasteiger partial charge is 0.248 e. The average Bonchev–Trinajstić information content (AvgIpc) is 1.85. The zero-order valence-corrected chi connectivity index (χ0v) is 7.39. The molecule has 0 heterocycles. The summed E-state index contributed by atoms with van der Waals surface area (Å²) in [6.45, 7) is 6.35. The Labute approximate surface area is 68.7 Å². The van der Waals surface area contributed by atoms with Crippen molar-refractivity contribution < 1.29 is 0 Å². The highest BCUT2D eigenvalue weighted by atomic mass is 14.4. The Hall–Kier alpha value is -0.755. The first-order chi connectivity index (χ1) is 5.09. The zero-order valence-electron chi connectivity index (χ0n) is 7.39. The van der Waals surface area contributed by atoms with E-state index in [2.05, 4.69) is 32.0 Å². The molecule has 0 atom stereocenters. The van der Waals surface area contributed by atoms with E-state index in [0.29, 0.717) is 0 Å². The first kappa shape index (κ1) is 8.34. The Bertz CT molecular complexity index is 235. The molecule has 0 aliphatic rings. The highest BCUT2D eigenvalue weighted by molar-refractivity contribution is 6.68. The lowest BCUT2D eigenvalue weighted by atomic mass is 9.60. The van der Waals surface area contributed by atoms with E-state index in [1.807, 2.05) is 6.82 Å². The number of nitrogens with two attached hydrogens (primary N) is 1. The van der Waals surface area contributed by atoms with Gasteiger partial charge in [0.2, 0.25) is 6.85 Å². The van der Waals surface area contributed by atoms with Gasteiger partial charge < -0.3 is 5.64 Å². The molecule has 0 saturated carbocycles. The summed E-state index contributed by atoms with van der Waals surface area (Å²) in [6, 6.07) is 6.43. The van der Waals surface area contributed by atoms with Crippen molar-refractivity contribution >= 4 is 12.3 Å². The summed E-state index contributed by atoms with van der Waals surface area (Å²) in [5.41, 5.74) is 9.55. The summed E-state index contributed by atoms with van der Waals surface area (Å²) in [5, 5.41) is 0. The summed E-state index contributed by atoms with van der Waals surface area (Å²) in [7, 11) is 0. The van der Waals surface area contributed by atoms with Crippen molar-refractivity contribution in [3.05, 3.63) is 29.3 Å². The molecular formula is C9H14BN. The van der Waals surface area contributed by atoms with Crippen LogP contribution >= 0.6 is 0 Å². The van der Waals surface area contributed by atoms with Crippen LogP contribution in [0.3, 0.4) is 0 Å². The van der Waals surface area contributed by atoms with Crippen molar-refractivity contribution in [1.29, 1.82) is 0 Å². The second-order valence-corrected chi connectivity index (χ2v) is 3.21. The van der Waals surface area contributed by atoms with E-state index in [0.717, 1.165) is 0 Å². The van der Waals surface area contributed by atoms with Crippen LogP contribution in [0.25, 0.3) is 0 Å². The number of hydrogen-bond acceptors (Lipinski definition) is 1. The van der Waals surface area contributed by atoms with Gasteiger partial charge in [-0.15, -0.1) is 0 Å². The van der Waals surface area contributed by atoms with Crippen LogP contribution in [0.5, 0.6) is 0 Å². The molecule has 0 bridgehead atoms. The van der Waals surface area contributed by atoms with E-state index in [1.54, 1.807) is 0 Å². The van der Waals surface area contributed by atoms with Gasteiger partial charge in [-0.05, 0) is 13.8 Å². The van der Waals surface area contributed by atoms with Gasteiger partial charge in [0.05, 0.1) is 0 Å². The number of rotatable bonds is 1. The predicted octanol–water partition coefficient (Wildman–Crippen LogP) is 1.09. The second kappa shape index (κ2) is 3.10. The molecular weight excluding hydrogens is 133 g/mol. The van der Waals surface area contributed by atoms with Gasteiger partial charge in [0, 0.05) is 0 Å². The van der Waals surface area contributed by atoms with Crippen molar-refractivity contribution in [2.24, 2.45) is 5.64 Å². The minimum atomic E-state index is 0.147. The number of hydrogen-bond donors (Lipinski definition) is 1. The largest absolute Gasteiger partial charge is 0.366 e. The van der Waals surface area contributed by atoms with Crippen molar-refractivity contribution in [2.45, 2.75) is 20.7 Å². The lowest BCUT2D eigenvalue weighted by Crippen LogP contribution is -2.36. The molecule has 11 heavy (non-hydrogen) atoms. The molecule has 1 rings (SSSR count). The molecule has 1 nitrogen and oxygen atoms in total. The highest BCUT2D eigenvalue weighted by Gasteiger charge is 2.03. The molecule has 2 N–H and O–H groups in total. The fraction of sp³-hybridized carbons (Fsp3) is 0.333. The maximum atomic E-state index is 5.75. The Morgan fingerprint density at radius 1 is 1.09 bits per heavy atom. The van der Waals surface area contributed by atoms with E-state index in [4.69, 9.17) is 5.64 Å². The molecule has 0 radical (unpaired) electrons. The Kier molecular flexibility index (Phi) is 2.35. The number of aryl methyl sites for hydroxylation is 2. The molecule has 1 aromatic rings. The standard InChI is InChI=1S/C9H14BN/c1-7-4-8(2)6-9(5-7)10(3)11/h4-6H,11H2,1-3H3. The molecule has 0 aromatic heterocycles. The third kappa shape index (κ3) is 2.09. The summed E-state index contributed by atoms with van der Waals surface area (Å²) in [6.07, 6.45) is 0. The van der Waals surface area contributed by atoms with Gasteiger partial charge in [-0.3, -0.25) is 0 Å². The van der Waals surface area contributed by atoms with Crippen molar-refractivity contribution in [2.75, 3.05) is 0 Å². The third-order valence-corrected chi connectivity index (χ3v) is 1.77. The topological polar surface area (TPSA) is 26.0 Å². The average molecular weight is 147 g/mol. The van der Waals surface area contributed by atoms with Crippen LogP contribution in [0, 0.1) is 13.8 Å². The lowest BCUT2D eigenvalue weighted by Gasteiger charge is -2.04. The molecule has 0 spiro atoms. The summed E-state index contributed by atoms with van der Waals surface area (Å²) in [4.78, 5) is 0. The normalized spacial score (nSPS) is 9.82. The van der Waals surface area contributed by atoms with Crippen LogP contribution in [0.4, 0.5) is 0 Å². The maximum Gasteiger partial charge on any atom is 0.248 e. The fourth-order valence-electron chi connectivity index (χ4n) is 1.27. The molecule has 0 saturated heterocycles. The molecule has 0 unspecified atom stereocenters. The van der Waals surface area contributed by atoms with E-state index in [9.17, 15) is 0 Å². The Balaban J connectivity index is 3.08. The molecule has 2 heteroatoms. The highest BCUT2D eigenvalue weighted by Crippen LogP contribution is 1.99. The van der Waals surface area contributed by atoms with Gasteiger partial charge in [0.25, 0.3) is 0 Å². The minimum absolute atomic E-state index is 0.147. The van der Waals surface area contributed by atoms with E-state index >= 15 is 0 Å². The Morgan fingerprint density at radius 2 is 1.55 bits per heavy atom. The Morgan fingerprint density at radius 3 is 1.91 bits per heavy atom. The minimum Gasteiger partial charge on any atom is -0.366 e. The van der Waals surface area contributed by atoms with Crippen LogP contribution in [-0.2, 0) is 0 Å². The van der Waals surface area contributed by atoms with Crippen LogP contribution < -0.4 is 11.1 Å². The van der Waals surface area contributed by atoms with Crippen LogP contribution in [-0.4, -0.2) is 6.85 Å². The van der Waals surface area contributed by atoms with E-state index in [-0.39, 0.29) is 6.85 Å². The van der Waals surface area contributed by atoms with Gasteiger partial charge >= 0.3 is 0 Å². The number of benzene rings is 1. The third-order valence-electron chi connectivity index (χ3n) is 1.77. The summed E-state index contributed by atoms with van der Waals surface area (Å²) in [5.74, 6) is 0. The maximum absolute atomic E-state index is 5.75. The van der Waals surface area contributed by atoms with Crippen molar-refractivity contribution in [3.63, 3.8) is 0 Å². The molecule has 0 amide bonds. The predicted molar refractivity (Wildman–Crippen MR) is 51.4 cm³/mol. The zero-order chi connectivity index (χ0) is 8.43. The van der Waals surface area contributed by atoms with Gasteiger partial charge in [0.15, 0.2) is 0 Å². The van der Waals surface area contributed by atoms with Crippen LogP contribution in [0.2, 0.25) is 6.82 Å². The molecule has 1 aromatic carbocycles. The van der Waals surface area contributed by atoms with Gasteiger partial charge in [-0.25, -0.2) is 0 Å².